The van der Waals surface area contributed by atoms with Gasteiger partial charge in [-0.05, 0) is 64.1 Å². The van der Waals surface area contributed by atoms with Crippen molar-refractivity contribution >= 4 is 34.0 Å². The Labute approximate surface area is 177 Å². The van der Waals surface area contributed by atoms with Crippen LogP contribution in [-0.2, 0) is 4.79 Å². The largest absolute Gasteiger partial charge is 0.377 e. The predicted octanol–water partition coefficient (Wildman–Crippen LogP) is 6.82. The van der Waals surface area contributed by atoms with Crippen molar-refractivity contribution in [2.45, 2.75) is 43.5 Å². The van der Waals surface area contributed by atoms with Gasteiger partial charge in [0.2, 0.25) is 0 Å². The molecule has 29 heavy (non-hydrogen) atoms. The third kappa shape index (κ3) is 3.16. The molecule has 3 atom stereocenters. The number of rotatable bonds is 2. The van der Waals surface area contributed by atoms with E-state index >= 15 is 0 Å². The summed E-state index contributed by atoms with van der Waals surface area (Å²) in [5.41, 5.74) is 3.78. The summed E-state index contributed by atoms with van der Waals surface area (Å²) < 4.78 is 0. The smallest absolute Gasteiger partial charge is 0.139 e. The van der Waals surface area contributed by atoms with Gasteiger partial charge in [-0.3, -0.25) is 4.79 Å². The molecule has 2 nitrogen and oxygen atoms in total. The molecule has 5 rings (SSSR count). The van der Waals surface area contributed by atoms with Crippen molar-refractivity contribution < 1.29 is 4.79 Å². The van der Waals surface area contributed by atoms with Crippen LogP contribution in [0.1, 0.15) is 49.8 Å². The summed E-state index contributed by atoms with van der Waals surface area (Å²) >= 11 is 1.75. The van der Waals surface area contributed by atoms with Gasteiger partial charge in [0.25, 0.3) is 0 Å². The predicted molar refractivity (Wildman–Crippen MR) is 123 cm³/mol. The Balaban J connectivity index is 1.69. The Morgan fingerprint density at radius 1 is 1.00 bits per heavy atom. The molecule has 2 aliphatic rings. The molecule has 3 heteroatoms. The molecule has 1 N–H and O–H groups in total. The number of hydrogen-bond acceptors (Lipinski definition) is 3. The first-order chi connectivity index (χ1) is 14.0. The van der Waals surface area contributed by atoms with Gasteiger partial charge >= 0.3 is 0 Å². The van der Waals surface area contributed by atoms with Crippen LogP contribution in [0.3, 0.4) is 0 Å². The second kappa shape index (κ2) is 6.91. The van der Waals surface area contributed by atoms with E-state index in [-0.39, 0.29) is 23.3 Å². The average Bonchev–Trinajstić information content (AvgIpc) is 2.72. The van der Waals surface area contributed by atoms with Gasteiger partial charge in [-0.1, -0.05) is 56.3 Å². The van der Waals surface area contributed by atoms with E-state index in [0.717, 1.165) is 6.42 Å². The summed E-state index contributed by atoms with van der Waals surface area (Å²) in [6.07, 6.45) is 3.80. The molecule has 1 heterocycles. The lowest BCUT2D eigenvalue weighted by molar-refractivity contribution is -0.129. The van der Waals surface area contributed by atoms with Crippen molar-refractivity contribution in [1.82, 2.24) is 0 Å². The summed E-state index contributed by atoms with van der Waals surface area (Å²) in [4.78, 5) is 14.7. The lowest BCUT2D eigenvalue weighted by Gasteiger charge is -2.47. The molecule has 1 aliphatic heterocycles. The summed E-state index contributed by atoms with van der Waals surface area (Å²) in [7, 11) is 0. The number of nitrogens with one attached hydrogen (secondary N) is 1. The Morgan fingerprint density at radius 3 is 2.52 bits per heavy atom. The van der Waals surface area contributed by atoms with Crippen LogP contribution in [0.2, 0.25) is 0 Å². The Hall–Kier alpha value is -2.26. The highest BCUT2D eigenvalue weighted by atomic mass is 32.2. The number of carbonyl (C=O) groups excluding carboxylic acids is 1. The van der Waals surface area contributed by atoms with Crippen LogP contribution in [-0.4, -0.2) is 12.0 Å². The third-order valence-corrected chi connectivity index (χ3v) is 7.46. The van der Waals surface area contributed by atoms with Crippen molar-refractivity contribution in [2.24, 2.45) is 11.3 Å². The second-order valence-electron chi connectivity index (χ2n) is 9.29. The summed E-state index contributed by atoms with van der Waals surface area (Å²) in [5.74, 6) is 0.636. The van der Waals surface area contributed by atoms with Crippen molar-refractivity contribution in [3.8, 4) is 0 Å². The number of thioether (sulfide) groups is 1. The van der Waals surface area contributed by atoms with E-state index in [1.54, 1.807) is 11.8 Å². The van der Waals surface area contributed by atoms with Crippen LogP contribution in [0.4, 0.5) is 5.69 Å². The number of ketones is 1. The van der Waals surface area contributed by atoms with E-state index in [2.05, 4.69) is 86.1 Å². The lowest BCUT2D eigenvalue weighted by atomic mass is 9.60. The molecular weight excluding hydrogens is 374 g/mol. The van der Waals surface area contributed by atoms with Gasteiger partial charge in [-0.2, -0.15) is 0 Å². The fourth-order valence-corrected chi connectivity index (χ4v) is 5.90. The number of carbonyl (C=O) groups is 1. The SMILES string of the molecule is CSc1ccc([C@@H]2Nc3ccc4ccccc4c3[C@@H]3CC(C)(C)CC(=O)[C@@H]32)cc1. The first-order valence-corrected chi connectivity index (χ1v) is 11.6. The number of Topliss-reactive ketones (excluding diaryl/α,β-unsaturated/α-hetero) is 1. The maximum absolute atomic E-state index is 13.5. The molecular formula is C26H27NOS. The van der Waals surface area contributed by atoms with Crippen LogP contribution in [0.5, 0.6) is 0 Å². The number of fused-ring (bicyclic) bond motifs is 5. The molecule has 0 saturated heterocycles. The minimum atomic E-state index is -0.0125. The van der Waals surface area contributed by atoms with Crippen LogP contribution in [0, 0.1) is 11.3 Å². The second-order valence-corrected chi connectivity index (χ2v) is 10.2. The van der Waals surface area contributed by atoms with Gasteiger partial charge in [0.1, 0.15) is 5.78 Å². The van der Waals surface area contributed by atoms with E-state index in [9.17, 15) is 4.79 Å². The lowest BCUT2D eigenvalue weighted by Crippen LogP contribution is -2.44. The summed E-state index contributed by atoms with van der Waals surface area (Å²) in [6.45, 7) is 4.49. The van der Waals surface area contributed by atoms with Gasteiger partial charge < -0.3 is 5.32 Å². The zero-order chi connectivity index (χ0) is 20.2. The molecule has 1 saturated carbocycles. The topological polar surface area (TPSA) is 29.1 Å². The maximum Gasteiger partial charge on any atom is 0.139 e. The standard InChI is InChI=1S/C26H27NOS/c1-26(2)14-20-23-19-7-5-4-6-16(19)10-13-21(23)27-25(24(20)22(28)15-26)17-8-11-18(29-3)12-9-17/h4-13,20,24-25,27H,14-15H2,1-3H3/t20-,24+,25-/m0/s1. The Bertz CT molecular complexity index is 1090. The van der Waals surface area contributed by atoms with E-state index in [1.165, 1.54) is 32.5 Å². The zero-order valence-electron chi connectivity index (χ0n) is 17.2. The molecule has 0 spiro atoms. The molecule has 1 fully saturated rings. The molecule has 0 aromatic heterocycles. The minimum absolute atomic E-state index is 0.0125. The maximum atomic E-state index is 13.5. The molecule has 3 aromatic carbocycles. The van der Waals surface area contributed by atoms with E-state index in [0.29, 0.717) is 12.2 Å². The fourth-order valence-electron chi connectivity index (χ4n) is 5.49. The van der Waals surface area contributed by atoms with Gasteiger partial charge in [0.05, 0.1) is 6.04 Å². The van der Waals surface area contributed by atoms with Crippen LogP contribution < -0.4 is 5.32 Å². The average molecular weight is 402 g/mol. The molecule has 0 unspecified atom stereocenters. The Kier molecular flexibility index (Phi) is 4.47. The van der Waals surface area contributed by atoms with Crippen LogP contribution >= 0.6 is 11.8 Å². The van der Waals surface area contributed by atoms with E-state index in [4.69, 9.17) is 0 Å². The fraction of sp³-hybridized carbons (Fsp3) is 0.346. The highest BCUT2D eigenvalue weighted by molar-refractivity contribution is 7.98. The van der Waals surface area contributed by atoms with E-state index < -0.39 is 0 Å². The molecule has 1 aliphatic carbocycles. The quantitative estimate of drug-likeness (QED) is 0.478. The van der Waals surface area contributed by atoms with Crippen molar-refractivity contribution in [3.63, 3.8) is 0 Å². The highest BCUT2D eigenvalue weighted by Crippen LogP contribution is 2.55. The number of hydrogen-bond donors (Lipinski definition) is 1. The highest BCUT2D eigenvalue weighted by Gasteiger charge is 2.48. The first kappa shape index (κ1) is 18.7. The third-order valence-electron chi connectivity index (χ3n) is 6.72. The summed E-state index contributed by atoms with van der Waals surface area (Å²) in [5, 5.41) is 6.31. The minimum Gasteiger partial charge on any atom is -0.377 e. The van der Waals surface area contributed by atoms with Gasteiger partial charge in [-0.15, -0.1) is 11.8 Å². The van der Waals surface area contributed by atoms with Crippen molar-refractivity contribution in [1.29, 1.82) is 0 Å². The van der Waals surface area contributed by atoms with Crippen LogP contribution in [0.25, 0.3) is 10.8 Å². The van der Waals surface area contributed by atoms with Gasteiger partial charge in [-0.25, -0.2) is 0 Å². The van der Waals surface area contributed by atoms with Gasteiger partial charge in [0, 0.05) is 22.9 Å². The molecule has 0 radical (unpaired) electrons. The number of anilines is 1. The number of benzene rings is 3. The zero-order valence-corrected chi connectivity index (χ0v) is 18.1. The first-order valence-electron chi connectivity index (χ1n) is 10.4. The molecule has 0 bridgehead atoms. The van der Waals surface area contributed by atoms with Crippen molar-refractivity contribution in [3.05, 3.63) is 71.8 Å². The van der Waals surface area contributed by atoms with Crippen molar-refractivity contribution in [2.75, 3.05) is 11.6 Å². The Morgan fingerprint density at radius 2 is 1.76 bits per heavy atom. The molecule has 3 aromatic rings. The van der Waals surface area contributed by atoms with Crippen LogP contribution in [0.15, 0.2) is 65.6 Å². The van der Waals surface area contributed by atoms with Gasteiger partial charge in [0.15, 0.2) is 0 Å². The monoisotopic (exact) mass is 401 g/mol. The molecule has 0 amide bonds. The summed E-state index contributed by atoms with van der Waals surface area (Å²) in [6, 6.07) is 21.8. The molecule has 148 valence electrons. The van der Waals surface area contributed by atoms with E-state index in [1.807, 2.05) is 0 Å². The normalized spacial score (nSPS) is 25.2.